The van der Waals surface area contributed by atoms with Crippen molar-refractivity contribution in [1.29, 1.82) is 5.26 Å². The molecule has 2 N–H and O–H groups in total. The van der Waals surface area contributed by atoms with Gasteiger partial charge in [-0.05, 0) is 24.6 Å². The van der Waals surface area contributed by atoms with Crippen molar-refractivity contribution in [2.75, 3.05) is 7.05 Å². The number of halogens is 1. The van der Waals surface area contributed by atoms with Crippen molar-refractivity contribution in [3.63, 3.8) is 0 Å². The molecule has 1 rings (SSSR count). The van der Waals surface area contributed by atoms with Crippen molar-refractivity contribution < 1.29 is 9.18 Å². The van der Waals surface area contributed by atoms with E-state index in [1.807, 2.05) is 13.0 Å². The molecule has 0 aliphatic carbocycles. The minimum atomic E-state index is -0.415. The van der Waals surface area contributed by atoms with Crippen molar-refractivity contribution in [2.24, 2.45) is 5.73 Å². The molecule has 1 amide bonds. The number of carbonyl (C=O) groups is 1. The van der Waals surface area contributed by atoms with Gasteiger partial charge in [-0.15, -0.1) is 0 Å². The average Bonchev–Trinajstić information content (AvgIpc) is 2.41. The summed E-state index contributed by atoms with van der Waals surface area (Å²) < 4.78 is 13.6. The average molecular weight is 277 g/mol. The number of nitriles is 1. The molecule has 0 bridgehead atoms. The summed E-state index contributed by atoms with van der Waals surface area (Å²) >= 11 is 0. The van der Waals surface area contributed by atoms with E-state index in [0.717, 1.165) is 12.8 Å². The van der Waals surface area contributed by atoms with Gasteiger partial charge in [-0.1, -0.05) is 13.3 Å². The van der Waals surface area contributed by atoms with Gasteiger partial charge in [0.2, 0.25) is 5.91 Å². The maximum absolute atomic E-state index is 13.6. The van der Waals surface area contributed by atoms with Crippen molar-refractivity contribution in [3.05, 3.63) is 35.1 Å². The SMILES string of the molecule is CCCC(N)CC(=O)N(C)Cc1cc(C#N)ccc1F. The van der Waals surface area contributed by atoms with Gasteiger partial charge < -0.3 is 10.6 Å². The highest BCUT2D eigenvalue weighted by molar-refractivity contribution is 5.76. The number of nitrogens with zero attached hydrogens (tertiary/aromatic N) is 2. The van der Waals surface area contributed by atoms with E-state index in [1.54, 1.807) is 7.05 Å². The maximum Gasteiger partial charge on any atom is 0.224 e. The normalized spacial score (nSPS) is 11.8. The number of rotatable bonds is 6. The molecular weight excluding hydrogens is 257 g/mol. The van der Waals surface area contributed by atoms with E-state index in [4.69, 9.17) is 11.0 Å². The third kappa shape index (κ3) is 4.63. The van der Waals surface area contributed by atoms with Crippen LogP contribution in [0.25, 0.3) is 0 Å². The number of amides is 1. The lowest BCUT2D eigenvalue weighted by molar-refractivity contribution is -0.130. The van der Waals surface area contributed by atoms with Crippen LogP contribution in [0, 0.1) is 17.1 Å². The fourth-order valence-electron chi connectivity index (χ4n) is 1.96. The Bertz CT molecular complexity index is 510. The van der Waals surface area contributed by atoms with Crippen LogP contribution in [-0.4, -0.2) is 23.9 Å². The number of hydrogen-bond donors (Lipinski definition) is 1. The molecule has 0 fully saturated rings. The van der Waals surface area contributed by atoms with E-state index in [-0.39, 0.29) is 24.9 Å². The molecule has 1 unspecified atom stereocenters. The summed E-state index contributed by atoms with van der Waals surface area (Å²) in [5.74, 6) is -0.533. The molecular formula is C15H20FN3O. The first-order valence-corrected chi connectivity index (χ1v) is 6.66. The van der Waals surface area contributed by atoms with E-state index >= 15 is 0 Å². The molecule has 0 aliphatic rings. The third-order valence-corrected chi connectivity index (χ3v) is 3.10. The number of hydrogen-bond acceptors (Lipinski definition) is 3. The van der Waals surface area contributed by atoms with Crippen LogP contribution in [0.2, 0.25) is 0 Å². The van der Waals surface area contributed by atoms with Gasteiger partial charge in [0, 0.05) is 31.6 Å². The number of nitrogens with two attached hydrogens (primary N) is 1. The highest BCUT2D eigenvalue weighted by atomic mass is 19.1. The zero-order valence-corrected chi connectivity index (χ0v) is 11.9. The van der Waals surface area contributed by atoms with E-state index in [0.29, 0.717) is 11.1 Å². The zero-order valence-electron chi connectivity index (χ0n) is 11.9. The smallest absolute Gasteiger partial charge is 0.224 e. The van der Waals surface area contributed by atoms with Crippen LogP contribution in [0.15, 0.2) is 18.2 Å². The number of benzene rings is 1. The summed E-state index contributed by atoms with van der Waals surface area (Å²) in [5, 5.41) is 8.80. The summed E-state index contributed by atoms with van der Waals surface area (Å²) in [7, 11) is 1.61. The summed E-state index contributed by atoms with van der Waals surface area (Å²) in [6.07, 6.45) is 1.97. The first kappa shape index (κ1) is 16.1. The predicted octanol–water partition coefficient (Wildman–Crippen LogP) is 2.17. The Morgan fingerprint density at radius 2 is 2.25 bits per heavy atom. The third-order valence-electron chi connectivity index (χ3n) is 3.10. The van der Waals surface area contributed by atoms with Crippen molar-refractivity contribution in [2.45, 2.75) is 38.8 Å². The monoisotopic (exact) mass is 277 g/mol. The van der Waals surface area contributed by atoms with Gasteiger partial charge in [-0.25, -0.2) is 4.39 Å². The minimum absolute atomic E-state index is 0.118. The van der Waals surface area contributed by atoms with Crippen LogP contribution in [0.4, 0.5) is 4.39 Å². The zero-order chi connectivity index (χ0) is 15.1. The molecule has 5 heteroatoms. The van der Waals surface area contributed by atoms with Crippen LogP contribution in [0.1, 0.15) is 37.3 Å². The summed E-state index contributed by atoms with van der Waals surface area (Å²) in [5.41, 5.74) is 6.54. The van der Waals surface area contributed by atoms with E-state index in [2.05, 4.69) is 0 Å². The Hall–Kier alpha value is -1.93. The van der Waals surface area contributed by atoms with Crippen molar-refractivity contribution in [3.8, 4) is 6.07 Å². The molecule has 108 valence electrons. The first-order valence-electron chi connectivity index (χ1n) is 6.66. The second-order valence-corrected chi connectivity index (χ2v) is 4.92. The molecule has 1 aromatic rings. The van der Waals surface area contributed by atoms with Crippen LogP contribution in [0.5, 0.6) is 0 Å². The molecule has 0 saturated carbocycles. The predicted molar refractivity (Wildman–Crippen MR) is 75.1 cm³/mol. The van der Waals surface area contributed by atoms with E-state index in [1.165, 1.54) is 23.1 Å². The summed E-state index contributed by atoms with van der Waals surface area (Å²) in [6, 6.07) is 5.92. The molecule has 0 saturated heterocycles. The lowest BCUT2D eigenvalue weighted by Gasteiger charge is -2.20. The van der Waals surface area contributed by atoms with Crippen molar-refractivity contribution in [1.82, 2.24) is 4.90 Å². The van der Waals surface area contributed by atoms with E-state index in [9.17, 15) is 9.18 Å². The number of carbonyl (C=O) groups excluding carboxylic acids is 1. The maximum atomic E-state index is 13.6. The second-order valence-electron chi connectivity index (χ2n) is 4.92. The highest BCUT2D eigenvalue weighted by Gasteiger charge is 2.15. The molecule has 0 radical (unpaired) electrons. The molecule has 0 spiro atoms. The van der Waals surface area contributed by atoms with Gasteiger partial charge in [0.05, 0.1) is 11.6 Å². The largest absolute Gasteiger partial charge is 0.341 e. The Morgan fingerprint density at radius 3 is 2.85 bits per heavy atom. The molecule has 1 aromatic carbocycles. The topological polar surface area (TPSA) is 70.1 Å². The van der Waals surface area contributed by atoms with Crippen LogP contribution in [-0.2, 0) is 11.3 Å². The molecule has 0 heterocycles. The fourth-order valence-corrected chi connectivity index (χ4v) is 1.96. The summed E-state index contributed by atoms with van der Waals surface area (Å²) in [4.78, 5) is 13.4. The summed E-state index contributed by atoms with van der Waals surface area (Å²) in [6.45, 7) is 2.15. The van der Waals surface area contributed by atoms with Gasteiger partial charge >= 0.3 is 0 Å². The highest BCUT2D eigenvalue weighted by Crippen LogP contribution is 2.13. The van der Waals surface area contributed by atoms with Gasteiger partial charge in [0.25, 0.3) is 0 Å². The Balaban J connectivity index is 2.68. The van der Waals surface area contributed by atoms with Crippen LogP contribution in [0.3, 0.4) is 0 Å². The fraction of sp³-hybridized carbons (Fsp3) is 0.467. The molecule has 4 nitrogen and oxygen atoms in total. The molecule has 20 heavy (non-hydrogen) atoms. The molecule has 1 atom stereocenters. The Labute approximate surface area is 119 Å². The first-order chi connectivity index (χ1) is 9.47. The van der Waals surface area contributed by atoms with Gasteiger partial charge in [-0.2, -0.15) is 5.26 Å². The van der Waals surface area contributed by atoms with E-state index < -0.39 is 5.82 Å². The van der Waals surface area contributed by atoms with Crippen LogP contribution < -0.4 is 5.73 Å². The standard InChI is InChI=1S/C15H20FN3O/c1-3-4-13(18)8-15(20)19(2)10-12-7-11(9-17)5-6-14(12)16/h5-7,13H,3-4,8,10,18H2,1-2H3. The van der Waals surface area contributed by atoms with Gasteiger partial charge in [0.1, 0.15) is 5.82 Å². The van der Waals surface area contributed by atoms with Gasteiger partial charge in [-0.3, -0.25) is 4.79 Å². The Kier molecular flexibility index (Phi) is 6.13. The van der Waals surface area contributed by atoms with Gasteiger partial charge in [0.15, 0.2) is 0 Å². The lowest BCUT2D eigenvalue weighted by atomic mass is 10.1. The van der Waals surface area contributed by atoms with Crippen molar-refractivity contribution >= 4 is 5.91 Å². The minimum Gasteiger partial charge on any atom is -0.341 e. The second kappa shape index (κ2) is 7.61. The molecule has 0 aliphatic heterocycles. The quantitative estimate of drug-likeness (QED) is 0.866. The Morgan fingerprint density at radius 1 is 1.55 bits per heavy atom. The molecule has 0 aromatic heterocycles. The lowest BCUT2D eigenvalue weighted by Crippen LogP contribution is -2.33. The van der Waals surface area contributed by atoms with Crippen LogP contribution >= 0.6 is 0 Å².